The van der Waals surface area contributed by atoms with Crippen LogP contribution in [-0.4, -0.2) is 11.7 Å². The van der Waals surface area contributed by atoms with Crippen LogP contribution in [0.2, 0.25) is 0 Å². The van der Waals surface area contributed by atoms with Gasteiger partial charge in [0.05, 0.1) is 0 Å². The van der Waals surface area contributed by atoms with Gasteiger partial charge in [-0.15, -0.1) is 11.6 Å². The molecule has 1 rings (SSSR count). The van der Waals surface area contributed by atoms with Gasteiger partial charge in [-0.3, -0.25) is 4.79 Å². The first-order valence-corrected chi connectivity index (χ1v) is 6.15. The lowest BCUT2D eigenvalue weighted by molar-refractivity contribution is -0.114. The maximum atomic E-state index is 11.3. The highest BCUT2D eigenvalue weighted by Crippen LogP contribution is 2.03. The third kappa shape index (κ3) is 5.72. The van der Waals surface area contributed by atoms with Crippen molar-refractivity contribution >= 4 is 17.4 Å². The van der Waals surface area contributed by atoms with Crippen LogP contribution in [0.4, 0.5) is 0 Å². The molecule has 0 N–H and O–H groups in total. The summed E-state index contributed by atoms with van der Waals surface area (Å²) >= 11 is 5.51. The van der Waals surface area contributed by atoms with Crippen molar-refractivity contribution in [2.75, 3.05) is 5.88 Å². The van der Waals surface area contributed by atoms with Gasteiger partial charge >= 0.3 is 0 Å². The number of carbonyl (C=O) groups excluding carboxylic acids is 1. The highest BCUT2D eigenvalue weighted by Gasteiger charge is 1.95. The number of rotatable bonds is 7. The fourth-order valence-corrected chi connectivity index (χ4v) is 1.57. The molecule has 0 amide bonds. The van der Waals surface area contributed by atoms with Crippen LogP contribution < -0.4 is 0 Å². The number of aryl methyl sites for hydroxylation is 1. The molecule has 1 nitrogen and oxygen atoms in total. The van der Waals surface area contributed by atoms with Gasteiger partial charge in [0.15, 0.2) is 5.78 Å². The first-order valence-electron chi connectivity index (χ1n) is 5.62. The molecule has 0 fully saturated rings. The predicted octanol–water partition coefficient (Wildman–Crippen LogP) is 3.76. The molecule has 0 heterocycles. The zero-order valence-electron chi connectivity index (χ0n) is 9.36. The van der Waals surface area contributed by atoms with Crippen LogP contribution in [-0.2, 0) is 11.2 Å². The van der Waals surface area contributed by atoms with Crippen molar-refractivity contribution in [2.24, 2.45) is 0 Å². The number of halogens is 1. The molecule has 1 aromatic rings. The Bertz CT molecular complexity index is 330. The van der Waals surface area contributed by atoms with Gasteiger partial charge in [0.1, 0.15) is 0 Å². The third-order valence-corrected chi connectivity index (χ3v) is 2.57. The standard InChI is InChI=1S/C14H17ClO/c15-12-6-11-14(16)10-5-4-9-13-7-2-1-3-8-13/h1-3,5,7-8,10H,4,6,9,11-12H2. The lowest BCUT2D eigenvalue weighted by Gasteiger charge is -1.96. The molecule has 2 heteroatoms. The highest BCUT2D eigenvalue weighted by molar-refractivity contribution is 6.18. The summed E-state index contributed by atoms with van der Waals surface area (Å²) in [6.45, 7) is 0. The monoisotopic (exact) mass is 236 g/mol. The molecular formula is C14H17ClO. The summed E-state index contributed by atoms with van der Waals surface area (Å²) < 4.78 is 0. The summed E-state index contributed by atoms with van der Waals surface area (Å²) in [6, 6.07) is 10.3. The Morgan fingerprint density at radius 2 is 2.00 bits per heavy atom. The number of benzene rings is 1. The first kappa shape index (κ1) is 13.0. The molecular weight excluding hydrogens is 220 g/mol. The SMILES string of the molecule is O=C(C=CCCc1ccccc1)CCCCl. The maximum absolute atomic E-state index is 11.3. The summed E-state index contributed by atoms with van der Waals surface area (Å²) in [5.74, 6) is 0.734. The minimum absolute atomic E-state index is 0.175. The Labute approximate surface area is 102 Å². The molecule has 1 aromatic carbocycles. The van der Waals surface area contributed by atoms with Crippen molar-refractivity contribution in [1.29, 1.82) is 0 Å². The fraction of sp³-hybridized carbons (Fsp3) is 0.357. The van der Waals surface area contributed by atoms with Gasteiger partial charge in [0, 0.05) is 12.3 Å². The Hall–Kier alpha value is -1.08. The van der Waals surface area contributed by atoms with E-state index in [9.17, 15) is 4.79 Å². The average Bonchev–Trinajstić information content (AvgIpc) is 2.33. The van der Waals surface area contributed by atoms with Gasteiger partial charge in [-0.25, -0.2) is 0 Å². The van der Waals surface area contributed by atoms with Gasteiger partial charge in [-0.05, 0) is 30.9 Å². The van der Waals surface area contributed by atoms with Gasteiger partial charge < -0.3 is 0 Å². The second-order valence-corrected chi connectivity index (χ2v) is 4.06. The van der Waals surface area contributed by atoms with Crippen molar-refractivity contribution in [3.63, 3.8) is 0 Å². The van der Waals surface area contributed by atoms with Crippen molar-refractivity contribution in [3.8, 4) is 0 Å². The zero-order valence-corrected chi connectivity index (χ0v) is 10.1. The van der Waals surface area contributed by atoms with Crippen molar-refractivity contribution in [3.05, 3.63) is 48.0 Å². The number of alkyl halides is 1. The lowest BCUT2D eigenvalue weighted by Crippen LogP contribution is -1.92. The van der Waals surface area contributed by atoms with Gasteiger partial charge in [-0.2, -0.15) is 0 Å². The van der Waals surface area contributed by atoms with Crippen molar-refractivity contribution in [1.82, 2.24) is 0 Å². The van der Waals surface area contributed by atoms with E-state index in [1.165, 1.54) is 5.56 Å². The minimum atomic E-state index is 0.175. The lowest BCUT2D eigenvalue weighted by atomic mass is 10.1. The van der Waals surface area contributed by atoms with Gasteiger partial charge in [0.2, 0.25) is 0 Å². The van der Waals surface area contributed by atoms with Crippen LogP contribution in [0.25, 0.3) is 0 Å². The molecule has 0 aliphatic rings. The molecule has 16 heavy (non-hydrogen) atoms. The molecule has 0 aliphatic heterocycles. The summed E-state index contributed by atoms with van der Waals surface area (Å²) in [5, 5.41) is 0. The van der Waals surface area contributed by atoms with E-state index in [1.54, 1.807) is 6.08 Å². The van der Waals surface area contributed by atoms with Crippen LogP contribution in [0, 0.1) is 0 Å². The Morgan fingerprint density at radius 3 is 2.69 bits per heavy atom. The van der Waals surface area contributed by atoms with Gasteiger partial charge in [0.25, 0.3) is 0 Å². The van der Waals surface area contributed by atoms with Crippen LogP contribution in [0.3, 0.4) is 0 Å². The molecule has 0 aromatic heterocycles. The number of ketones is 1. The number of carbonyl (C=O) groups is 1. The molecule has 0 spiro atoms. The van der Waals surface area contributed by atoms with Crippen LogP contribution in [0.5, 0.6) is 0 Å². The predicted molar refractivity (Wildman–Crippen MR) is 68.9 cm³/mol. The molecule has 0 aliphatic carbocycles. The quantitative estimate of drug-likeness (QED) is 0.520. The first-order chi connectivity index (χ1) is 7.83. The van der Waals surface area contributed by atoms with Crippen LogP contribution in [0.15, 0.2) is 42.5 Å². The summed E-state index contributed by atoms with van der Waals surface area (Å²) in [4.78, 5) is 11.3. The summed E-state index contributed by atoms with van der Waals surface area (Å²) in [7, 11) is 0. The average molecular weight is 237 g/mol. The van der Waals surface area contributed by atoms with Crippen molar-refractivity contribution in [2.45, 2.75) is 25.7 Å². The Kier molecular flexibility index (Phi) is 6.59. The molecule has 0 saturated carbocycles. The second kappa shape index (κ2) is 8.12. The molecule has 86 valence electrons. The summed E-state index contributed by atoms with van der Waals surface area (Å²) in [6.07, 6.45) is 6.85. The van der Waals surface area contributed by atoms with E-state index in [1.807, 2.05) is 24.3 Å². The smallest absolute Gasteiger partial charge is 0.155 e. The van der Waals surface area contributed by atoms with E-state index in [0.29, 0.717) is 12.3 Å². The Morgan fingerprint density at radius 1 is 1.25 bits per heavy atom. The fourth-order valence-electron chi connectivity index (χ4n) is 1.43. The normalized spacial score (nSPS) is 10.8. The van der Waals surface area contributed by atoms with E-state index < -0.39 is 0 Å². The highest BCUT2D eigenvalue weighted by atomic mass is 35.5. The van der Waals surface area contributed by atoms with E-state index in [2.05, 4.69) is 12.1 Å². The minimum Gasteiger partial charge on any atom is -0.295 e. The third-order valence-electron chi connectivity index (χ3n) is 2.30. The van der Waals surface area contributed by atoms with Crippen molar-refractivity contribution < 1.29 is 4.79 Å². The van der Waals surface area contributed by atoms with E-state index in [-0.39, 0.29) is 5.78 Å². The molecule has 0 atom stereocenters. The molecule has 0 unspecified atom stereocenters. The van der Waals surface area contributed by atoms with E-state index >= 15 is 0 Å². The molecule has 0 radical (unpaired) electrons. The second-order valence-electron chi connectivity index (χ2n) is 3.69. The van der Waals surface area contributed by atoms with E-state index in [4.69, 9.17) is 11.6 Å². The zero-order chi connectivity index (χ0) is 11.6. The molecule has 0 bridgehead atoms. The molecule has 0 saturated heterocycles. The Balaban J connectivity index is 2.20. The number of hydrogen-bond acceptors (Lipinski definition) is 1. The van der Waals surface area contributed by atoms with Crippen LogP contribution >= 0.6 is 11.6 Å². The van der Waals surface area contributed by atoms with Crippen LogP contribution in [0.1, 0.15) is 24.8 Å². The number of hydrogen-bond donors (Lipinski definition) is 0. The summed E-state index contributed by atoms with van der Waals surface area (Å²) in [5.41, 5.74) is 1.31. The maximum Gasteiger partial charge on any atom is 0.155 e. The van der Waals surface area contributed by atoms with Gasteiger partial charge in [-0.1, -0.05) is 36.4 Å². The largest absolute Gasteiger partial charge is 0.295 e. The number of allylic oxidation sites excluding steroid dienone is 2. The topological polar surface area (TPSA) is 17.1 Å². The van der Waals surface area contributed by atoms with E-state index in [0.717, 1.165) is 19.3 Å².